The van der Waals surface area contributed by atoms with Crippen LogP contribution in [0.3, 0.4) is 0 Å². The van der Waals surface area contributed by atoms with E-state index in [1.54, 1.807) is 6.07 Å². The minimum Gasteiger partial charge on any atom is -0.454 e. The fourth-order valence-corrected chi connectivity index (χ4v) is 3.50. The van der Waals surface area contributed by atoms with Crippen molar-refractivity contribution in [3.8, 4) is 0 Å². The van der Waals surface area contributed by atoms with Crippen LogP contribution in [0, 0.1) is 19.8 Å². The van der Waals surface area contributed by atoms with Gasteiger partial charge in [-0.2, -0.15) is 5.10 Å². The van der Waals surface area contributed by atoms with Crippen LogP contribution in [0.15, 0.2) is 22.6 Å². The highest BCUT2D eigenvalue weighted by Gasteiger charge is 2.34. The smallest absolute Gasteiger partial charge is 0.289 e. The molecular formula is C18H26N4O2. The minimum atomic E-state index is -0.0224. The first-order valence-corrected chi connectivity index (χ1v) is 8.40. The third-order valence-electron chi connectivity index (χ3n) is 4.80. The van der Waals surface area contributed by atoms with Crippen molar-refractivity contribution in [1.29, 1.82) is 0 Å². The second kappa shape index (κ2) is 6.43. The number of hydrogen-bond acceptors (Lipinski definition) is 4. The molecule has 24 heavy (non-hydrogen) atoms. The van der Waals surface area contributed by atoms with Gasteiger partial charge in [0.2, 0.25) is 0 Å². The molecule has 0 radical (unpaired) electrons. The maximum atomic E-state index is 12.7. The Balaban J connectivity index is 1.69. The molecule has 6 nitrogen and oxygen atoms in total. The number of nitrogens with zero attached hydrogens (tertiary/aromatic N) is 4. The lowest BCUT2D eigenvalue weighted by Gasteiger charge is -2.22. The summed E-state index contributed by atoms with van der Waals surface area (Å²) in [6.45, 7) is 8.24. The van der Waals surface area contributed by atoms with E-state index >= 15 is 0 Å². The molecule has 1 saturated heterocycles. The summed E-state index contributed by atoms with van der Waals surface area (Å²) in [6, 6.07) is 6.07. The van der Waals surface area contributed by atoms with E-state index in [1.165, 1.54) is 0 Å². The third-order valence-corrected chi connectivity index (χ3v) is 4.80. The molecule has 3 heterocycles. The van der Waals surface area contributed by atoms with Gasteiger partial charge in [0, 0.05) is 24.8 Å². The first-order chi connectivity index (χ1) is 11.3. The van der Waals surface area contributed by atoms with E-state index in [2.05, 4.69) is 31.0 Å². The molecule has 1 amide bonds. The van der Waals surface area contributed by atoms with Gasteiger partial charge in [0.1, 0.15) is 5.76 Å². The Morgan fingerprint density at radius 2 is 2.08 bits per heavy atom. The highest BCUT2D eigenvalue weighted by molar-refractivity contribution is 5.91. The monoisotopic (exact) mass is 330 g/mol. The summed E-state index contributed by atoms with van der Waals surface area (Å²) in [6.07, 6.45) is 0. The summed E-state index contributed by atoms with van der Waals surface area (Å²) in [7, 11) is 4.13. The number of likely N-dealkylation sites (N-methyl/N-ethyl adjacent to an activating group) is 1. The Bertz CT molecular complexity index is 731. The zero-order valence-electron chi connectivity index (χ0n) is 15.1. The van der Waals surface area contributed by atoms with Crippen LogP contribution in [0.5, 0.6) is 0 Å². The Labute approximate surface area is 143 Å². The number of carbonyl (C=O) groups excluding carboxylic acids is 1. The molecule has 2 aromatic rings. The molecule has 6 heteroatoms. The quantitative estimate of drug-likeness (QED) is 0.862. The second-order valence-electron chi connectivity index (χ2n) is 7.07. The summed E-state index contributed by atoms with van der Waals surface area (Å²) in [5.74, 6) is 1.61. The van der Waals surface area contributed by atoms with Crippen molar-refractivity contribution in [2.75, 3.05) is 27.2 Å². The van der Waals surface area contributed by atoms with Gasteiger partial charge in [-0.15, -0.1) is 0 Å². The molecule has 2 aromatic heterocycles. The first-order valence-electron chi connectivity index (χ1n) is 8.40. The highest BCUT2D eigenvalue weighted by Crippen LogP contribution is 2.23. The normalized spacial score (nSPS) is 21.0. The van der Waals surface area contributed by atoms with Crippen molar-refractivity contribution in [3.63, 3.8) is 0 Å². The van der Waals surface area contributed by atoms with Crippen molar-refractivity contribution in [1.82, 2.24) is 19.6 Å². The molecule has 0 aromatic carbocycles. The summed E-state index contributed by atoms with van der Waals surface area (Å²) in [5, 5.41) is 4.43. The first kappa shape index (κ1) is 16.8. The topological polar surface area (TPSA) is 54.5 Å². The molecule has 2 atom stereocenters. The van der Waals surface area contributed by atoms with Crippen molar-refractivity contribution in [2.45, 2.75) is 33.4 Å². The van der Waals surface area contributed by atoms with Gasteiger partial charge in [0.25, 0.3) is 5.91 Å². The van der Waals surface area contributed by atoms with Crippen LogP contribution in [0.2, 0.25) is 0 Å². The maximum Gasteiger partial charge on any atom is 0.289 e. The molecule has 1 aliphatic rings. The number of aromatic nitrogens is 2. The van der Waals surface area contributed by atoms with Crippen LogP contribution >= 0.6 is 0 Å². The highest BCUT2D eigenvalue weighted by atomic mass is 16.4. The average molecular weight is 330 g/mol. The van der Waals surface area contributed by atoms with Crippen LogP contribution < -0.4 is 0 Å². The van der Waals surface area contributed by atoms with E-state index in [-0.39, 0.29) is 5.91 Å². The van der Waals surface area contributed by atoms with Gasteiger partial charge >= 0.3 is 0 Å². The van der Waals surface area contributed by atoms with Crippen molar-refractivity contribution < 1.29 is 9.21 Å². The number of rotatable bonds is 4. The van der Waals surface area contributed by atoms with Crippen LogP contribution in [0.4, 0.5) is 0 Å². The number of hydrogen-bond donors (Lipinski definition) is 0. The predicted molar refractivity (Wildman–Crippen MR) is 92.1 cm³/mol. The molecule has 0 aliphatic carbocycles. The Morgan fingerprint density at radius 1 is 1.33 bits per heavy atom. The van der Waals surface area contributed by atoms with Gasteiger partial charge in [0.05, 0.1) is 12.2 Å². The number of likely N-dealkylation sites (tertiary alicyclic amines) is 1. The molecule has 1 fully saturated rings. The largest absolute Gasteiger partial charge is 0.454 e. The summed E-state index contributed by atoms with van der Waals surface area (Å²) >= 11 is 0. The van der Waals surface area contributed by atoms with E-state index in [0.717, 1.165) is 30.2 Å². The van der Waals surface area contributed by atoms with E-state index in [0.29, 0.717) is 24.3 Å². The summed E-state index contributed by atoms with van der Waals surface area (Å²) < 4.78 is 7.68. The van der Waals surface area contributed by atoms with Crippen LogP contribution in [-0.4, -0.2) is 58.7 Å². The summed E-state index contributed by atoms with van der Waals surface area (Å²) in [4.78, 5) is 16.8. The minimum absolute atomic E-state index is 0.0224. The molecule has 0 unspecified atom stereocenters. The number of furan rings is 1. The van der Waals surface area contributed by atoms with Crippen molar-refractivity contribution >= 4 is 5.91 Å². The number of carbonyl (C=O) groups is 1. The molecule has 130 valence electrons. The Morgan fingerprint density at radius 3 is 2.67 bits per heavy atom. The number of aryl methyl sites for hydroxylation is 2. The van der Waals surface area contributed by atoms with Crippen LogP contribution in [0.25, 0.3) is 0 Å². The zero-order chi connectivity index (χ0) is 17.4. The van der Waals surface area contributed by atoms with Gasteiger partial charge in [-0.25, -0.2) is 0 Å². The second-order valence-corrected chi connectivity index (χ2v) is 7.07. The van der Waals surface area contributed by atoms with E-state index in [9.17, 15) is 4.79 Å². The van der Waals surface area contributed by atoms with Gasteiger partial charge < -0.3 is 14.2 Å². The maximum absolute atomic E-state index is 12.7. The number of amides is 1. The molecule has 0 bridgehead atoms. The summed E-state index contributed by atoms with van der Waals surface area (Å²) in [5.41, 5.74) is 2.06. The fourth-order valence-electron chi connectivity index (χ4n) is 3.50. The van der Waals surface area contributed by atoms with Crippen LogP contribution in [-0.2, 0) is 6.54 Å². The van der Waals surface area contributed by atoms with Crippen LogP contribution in [0.1, 0.15) is 34.6 Å². The molecular weight excluding hydrogens is 304 g/mol. The van der Waals surface area contributed by atoms with Gasteiger partial charge in [-0.3, -0.25) is 9.48 Å². The lowest BCUT2D eigenvalue weighted by Crippen LogP contribution is -2.35. The van der Waals surface area contributed by atoms with E-state index < -0.39 is 0 Å². The Kier molecular flexibility index (Phi) is 4.49. The lowest BCUT2D eigenvalue weighted by molar-refractivity contribution is 0.0747. The standard InChI is InChI=1S/C18H26N4O2/c1-12-9-21(11-16(12)20(4)5)18(23)17-7-6-15(24-17)10-22-14(3)8-13(2)19-22/h6-8,12,16H,9-11H2,1-5H3/t12-,16-/m1/s1. The van der Waals surface area contributed by atoms with Gasteiger partial charge in [-0.1, -0.05) is 6.92 Å². The van der Waals surface area contributed by atoms with Gasteiger partial charge in [0.15, 0.2) is 5.76 Å². The molecule has 0 spiro atoms. The van der Waals surface area contributed by atoms with Crippen molar-refractivity contribution in [3.05, 3.63) is 41.1 Å². The third kappa shape index (κ3) is 3.24. The SMILES string of the molecule is Cc1cc(C)n(Cc2ccc(C(=O)N3C[C@@H](C)[C@H](N(C)C)C3)o2)n1. The molecule has 3 rings (SSSR count). The molecule has 0 N–H and O–H groups in total. The predicted octanol–water partition coefficient (Wildman–Crippen LogP) is 2.16. The van der Waals surface area contributed by atoms with E-state index in [4.69, 9.17) is 4.42 Å². The fraction of sp³-hybridized carbons (Fsp3) is 0.556. The van der Waals surface area contributed by atoms with Gasteiger partial charge in [-0.05, 0) is 52.1 Å². The average Bonchev–Trinajstić information content (AvgIpc) is 3.19. The molecule has 0 saturated carbocycles. The molecule has 1 aliphatic heterocycles. The Hall–Kier alpha value is -2.08. The lowest BCUT2D eigenvalue weighted by atomic mass is 10.1. The zero-order valence-corrected chi connectivity index (χ0v) is 15.1. The van der Waals surface area contributed by atoms with Crippen molar-refractivity contribution in [2.24, 2.45) is 5.92 Å². The van der Waals surface area contributed by atoms with E-state index in [1.807, 2.05) is 35.6 Å².